The van der Waals surface area contributed by atoms with Crippen LogP contribution < -0.4 is 10.2 Å². The highest BCUT2D eigenvalue weighted by atomic mass is 32.2. The second kappa shape index (κ2) is 10.0. The highest BCUT2D eigenvalue weighted by Gasteiger charge is 2.44. The van der Waals surface area contributed by atoms with Crippen LogP contribution in [0.15, 0.2) is 41.3 Å². The maximum Gasteiger partial charge on any atom is 0.181 e. The molecule has 2 heterocycles. The number of pyridine rings is 1. The van der Waals surface area contributed by atoms with Gasteiger partial charge in [0.2, 0.25) is 0 Å². The quantitative estimate of drug-likeness (QED) is 0.454. The third-order valence-electron chi connectivity index (χ3n) is 8.48. The van der Waals surface area contributed by atoms with Crippen molar-refractivity contribution in [1.82, 2.24) is 4.98 Å². The lowest BCUT2D eigenvalue weighted by atomic mass is 9.93. The molecule has 2 aliphatic carbocycles. The van der Waals surface area contributed by atoms with Crippen molar-refractivity contribution in [3.8, 4) is 0 Å². The van der Waals surface area contributed by atoms with E-state index < -0.39 is 15.4 Å². The molecule has 2 N–H and O–H groups in total. The molecule has 8 heteroatoms. The van der Waals surface area contributed by atoms with Crippen molar-refractivity contribution >= 4 is 27.3 Å². The molecule has 1 aromatic carbocycles. The smallest absolute Gasteiger partial charge is 0.181 e. The number of piperidine rings is 1. The average Bonchev–Trinajstić information content (AvgIpc) is 3.39. The standard InChI is InChI=1S/C29H39N3O4S/c1-28(2,20-33)31-26-11-10-22(27(30-26)32-16-14-29(12-13-29)15-17-32)19-25(34)21-6-5-9-24(18-21)37(35,36)23-7-3-4-8-23/h5-6,9-11,18,23,33H,3-4,7-8,12-17,19-20H2,1-2H3,(H,30,31). The molecule has 3 fully saturated rings. The van der Waals surface area contributed by atoms with Crippen molar-refractivity contribution in [3.63, 3.8) is 0 Å². The predicted octanol–water partition coefficient (Wildman–Crippen LogP) is 4.79. The van der Waals surface area contributed by atoms with E-state index in [1.807, 2.05) is 26.0 Å². The predicted molar refractivity (Wildman–Crippen MR) is 146 cm³/mol. The molecule has 3 aliphatic rings. The molecule has 0 atom stereocenters. The summed E-state index contributed by atoms with van der Waals surface area (Å²) in [4.78, 5) is 20.9. The van der Waals surface area contributed by atoms with E-state index in [2.05, 4.69) is 10.2 Å². The topological polar surface area (TPSA) is 99.6 Å². The lowest BCUT2D eigenvalue weighted by Gasteiger charge is -2.34. The fourth-order valence-electron chi connectivity index (χ4n) is 5.73. The molecular weight excluding hydrogens is 486 g/mol. The zero-order valence-electron chi connectivity index (χ0n) is 22.0. The van der Waals surface area contributed by atoms with Crippen molar-refractivity contribution in [2.24, 2.45) is 5.41 Å². The van der Waals surface area contributed by atoms with Crippen LogP contribution in [0.3, 0.4) is 0 Å². The third kappa shape index (κ3) is 5.70. The zero-order chi connectivity index (χ0) is 26.3. The Kier molecular flexibility index (Phi) is 7.09. The molecule has 0 radical (unpaired) electrons. The van der Waals surface area contributed by atoms with E-state index in [4.69, 9.17) is 4.98 Å². The lowest BCUT2D eigenvalue weighted by molar-refractivity contribution is 0.0992. The number of hydrogen-bond donors (Lipinski definition) is 2. The molecule has 1 spiro atoms. The van der Waals surface area contributed by atoms with E-state index in [1.54, 1.807) is 24.3 Å². The number of carbonyl (C=O) groups excluding carboxylic acids is 1. The van der Waals surface area contributed by atoms with Crippen LogP contribution in [0.1, 0.15) is 81.1 Å². The second-order valence-corrected chi connectivity index (χ2v) is 14.1. The van der Waals surface area contributed by atoms with Crippen LogP contribution in [-0.4, -0.2) is 54.8 Å². The molecule has 200 valence electrons. The number of benzene rings is 1. The molecule has 1 saturated heterocycles. The van der Waals surface area contributed by atoms with Crippen LogP contribution in [0.2, 0.25) is 0 Å². The number of aliphatic hydroxyl groups is 1. The summed E-state index contributed by atoms with van der Waals surface area (Å²) >= 11 is 0. The van der Waals surface area contributed by atoms with Crippen LogP contribution in [-0.2, 0) is 16.3 Å². The Morgan fingerprint density at radius 3 is 2.46 bits per heavy atom. The van der Waals surface area contributed by atoms with Crippen molar-refractivity contribution in [3.05, 3.63) is 47.5 Å². The molecule has 37 heavy (non-hydrogen) atoms. The van der Waals surface area contributed by atoms with Crippen molar-refractivity contribution in [2.45, 2.75) is 87.3 Å². The van der Waals surface area contributed by atoms with Gasteiger partial charge in [-0.3, -0.25) is 4.79 Å². The Hall–Kier alpha value is -2.45. The van der Waals surface area contributed by atoms with Gasteiger partial charge in [0.25, 0.3) is 0 Å². The molecule has 1 aromatic heterocycles. The van der Waals surface area contributed by atoms with Gasteiger partial charge in [0.15, 0.2) is 15.6 Å². The van der Waals surface area contributed by atoms with Gasteiger partial charge in [0.05, 0.1) is 22.3 Å². The second-order valence-electron chi connectivity index (χ2n) is 11.9. The highest BCUT2D eigenvalue weighted by Crippen LogP contribution is 2.54. The highest BCUT2D eigenvalue weighted by molar-refractivity contribution is 7.92. The Morgan fingerprint density at radius 1 is 1.11 bits per heavy atom. The molecule has 0 unspecified atom stereocenters. The summed E-state index contributed by atoms with van der Waals surface area (Å²) in [6.45, 7) is 5.62. The first kappa shape index (κ1) is 26.2. The monoisotopic (exact) mass is 525 g/mol. The molecule has 0 bridgehead atoms. The van der Waals surface area contributed by atoms with Gasteiger partial charge in [-0.25, -0.2) is 13.4 Å². The number of ketones is 1. The number of Topliss-reactive ketones (excluding diaryl/α,β-unsaturated/α-hetero) is 1. The molecule has 2 aromatic rings. The first-order chi connectivity index (χ1) is 17.6. The SMILES string of the molecule is CC(C)(CO)Nc1ccc(CC(=O)c2cccc(S(=O)(=O)C3CCCC3)c2)c(N2CCC3(CC2)CC3)n1. The summed E-state index contributed by atoms with van der Waals surface area (Å²) in [5.41, 5.74) is 1.26. The van der Waals surface area contributed by atoms with Gasteiger partial charge in [-0.1, -0.05) is 31.0 Å². The van der Waals surface area contributed by atoms with Gasteiger partial charge >= 0.3 is 0 Å². The Balaban J connectivity index is 1.40. The fourth-order valence-corrected chi connectivity index (χ4v) is 7.63. The van der Waals surface area contributed by atoms with Crippen LogP contribution in [0.4, 0.5) is 11.6 Å². The van der Waals surface area contributed by atoms with E-state index in [0.717, 1.165) is 50.2 Å². The van der Waals surface area contributed by atoms with Gasteiger partial charge < -0.3 is 15.3 Å². The number of aliphatic hydroxyl groups excluding tert-OH is 1. The molecular formula is C29H39N3O4S. The minimum atomic E-state index is -3.43. The average molecular weight is 526 g/mol. The maximum absolute atomic E-state index is 13.4. The number of carbonyl (C=O) groups is 1. The Morgan fingerprint density at radius 2 is 1.81 bits per heavy atom. The fraction of sp³-hybridized carbons (Fsp3) is 0.586. The number of hydrogen-bond acceptors (Lipinski definition) is 7. The first-order valence-corrected chi connectivity index (χ1v) is 15.2. The van der Waals surface area contributed by atoms with Gasteiger partial charge in [-0.05, 0) is 76.0 Å². The Labute approximate surface area is 220 Å². The van der Waals surface area contributed by atoms with Crippen LogP contribution >= 0.6 is 0 Å². The summed E-state index contributed by atoms with van der Waals surface area (Å²) in [5.74, 6) is 1.36. The maximum atomic E-state index is 13.4. The number of anilines is 2. The van der Waals surface area contributed by atoms with E-state index in [1.165, 1.54) is 12.8 Å². The van der Waals surface area contributed by atoms with Crippen LogP contribution in [0.5, 0.6) is 0 Å². The number of aromatic nitrogens is 1. The van der Waals surface area contributed by atoms with E-state index in [9.17, 15) is 18.3 Å². The normalized spacial score (nSPS) is 19.8. The van der Waals surface area contributed by atoms with Gasteiger partial charge in [0, 0.05) is 30.6 Å². The third-order valence-corrected chi connectivity index (χ3v) is 10.7. The molecule has 0 amide bonds. The van der Waals surface area contributed by atoms with Gasteiger partial charge in [-0.15, -0.1) is 0 Å². The van der Waals surface area contributed by atoms with Crippen molar-refractivity contribution < 1.29 is 18.3 Å². The number of nitrogens with zero attached hydrogens (tertiary/aromatic N) is 2. The van der Waals surface area contributed by atoms with Crippen molar-refractivity contribution in [1.29, 1.82) is 0 Å². The molecule has 1 aliphatic heterocycles. The zero-order valence-corrected chi connectivity index (χ0v) is 22.8. The minimum Gasteiger partial charge on any atom is -0.394 e. The van der Waals surface area contributed by atoms with Gasteiger partial charge in [-0.2, -0.15) is 0 Å². The van der Waals surface area contributed by atoms with E-state index in [-0.39, 0.29) is 29.0 Å². The summed E-state index contributed by atoms with van der Waals surface area (Å²) in [7, 11) is -3.43. The van der Waals surface area contributed by atoms with Crippen LogP contribution in [0, 0.1) is 5.41 Å². The number of nitrogens with one attached hydrogen (secondary N) is 1. The van der Waals surface area contributed by atoms with E-state index >= 15 is 0 Å². The minimum absolute atomic E-state index is 0.0312. The number of sulfone groups is 1. The van der Waals surface area contributed by atoms with Crippen LogP contribution in [0.25, 0.3) is 0 Å². The van der Waals surface area contributed by atoms with Crippen molar-refractivity contribution in [2.75, 3.05) is 29.9 Å². The Bertz CT molecular complexity index is 1250. The summed E-state index contributed by atoms with van der Waals surface area (Å²) < 4.78 is 26.2. The first-order valence-electron chi connectivity index (χ1n) is 13.6. The summed E-state index contributed by atoms with van der Waals surface area (Å²) in [5, 5.41) is 12.7. The van der Waals surface area contributed by atoms with Gasteiger partial charge in [0.1, 0.15) is 11.6 Å². The molecule has 7 nitrogen and oxygen atoms in total. The summed E-state index contributed by atoms with van der Waals surface area (Å²) in [6.07, 6.45) is 8.33. The molecule has 2 saturated carbocycles. The van der Waals surface area contributed by atoms with E-state index in [0.29, 0.717) is 29.6 Å². The molecule has 5 rings (SSSR count). The largest absolute Gasteiger partial charge is 0.394 e. The lowest BCUT2D eigenvalue weighted by Crippen LogP contribution is -2.37. The number of rotatable bonds is 9. The summed E-state index contributed by atoms with van der Waals surface area (Å²) in [6, 6.07) is 10.4.